The molecule has 0 aliphatic carbocycles. The van der Waals surface area contributed by atoms with E-state index in [1.165, 1.54) is 0 Å². The van der Waals surface area contributed by atoms with Gasteiger partial charge in [0.25, 0.3) is 5.91 Å². The summed E-state index contributed by atoms with van der Waals surface area (Å²) in [4.78, 5) is 18.2. The van der Waals surface area contributed by atoms with Gasteiger partial charge in [0, 0.05) is 32.4 Å². The van der Waals surface area contributed by atoms with E-state index >= 15 is 0 Å². The van der Waals surface area contributed by atoms with Crippen LogP contribution in [0.4, 0.5) is 0 Å². The first-order chi connectivity index (χ1) is 9.60. The van der Waals surface area contributed by atoms with Crippen molar-refractivity contribution in [3.05, 3.63) is 29.6 Å². The maximum Gasteiger partial charge on any atom is 0.254 e. The summed E-state index contributed by atoms with van der Waals surface area (Å²) in [5.41, 5.74) is 1.18. The molecular weight excluding hydrogens is 252 g/mol. The number of amides is 1. The third-order valence-electron chi connectivity index (χ3n) is 3.14. The molecule has 1 rings (SSSR count). The fourth-order valence-corrected chi connectivity index (χ4v) is 1.78. The van der Waals surface area contributed by atoms with Gasteiger partial charge in [0.15, 0.2) is 0 Å². The molecule has 1 atom stereocenters. The van der Waals surface area contributed by atoms with Gasteiger partial charge in [-0.05, 0) is 12.0 Å². The zero-order valence-electron chi connectivity index (χ0n) is 12.4. The Labute approximate surface area is 120 Å². The van der Waals surface area contributed by atoms with Gasteiger partial charge in [-0.2, -0.15) is 0 Å². The molecule has 108 valence electrons. The van der Waals surface area contributed by atoms with Crippen molar-refractivity contribution in [3.63, 3.8) is 0 Å². The molecule has 1 unspecified atom stereocenters. The van der Waals surface area contributed by atoms with Crippen LogP contribution >= 0.6 is 0 Å². The van der Waals surface area contributed by atoms with Crippen LogP contribution < -0.4 is 0 Å². The SMILES string of the molecule is CCC(C)CN(C)C(=O)c1ccncc1C#CCCO. The van der Waals surface area contributed by atoms with Gasteiger partial charge in [0.2, 0.25) is 0 Å². The predicted molar refractivity (Wildman–Crippen MR) is 79.2 cm³/mol. The second kappa shape index (κ2) is 8.34. The molecule has 20 heavy (non-hydrogen) atoms. The topological polar surface area (TPSA) is 53.4 Å². The minimum atomic E-state index is -0.0407. The first-order valence-electron chi connectivity index (χ1n) is 6.89. The average Bonchev–Trinajstić information content (AvgIpc) is 2.47. The van der Waals surface area contributed by atoms with E-state index in [1.54, 1.807) is 30.4 Å². The van der Waals surface area contributed by atoms with Gasteiger partial charge in [-0.1, -0.05) is 32.1 Å². The van der Waals surface area contributed by atoms with Crippen molar-refractivity contribution in [2.45, 2.75) is 26.7 Å². The number of carbonyl (C=O) groups is 1. The van der Waals surface area contributed by atoms with Gasteiger partial charge < -0.3 is 10.0 Å². The molecule has 1 aromatic rings. The lowest BCUT2D eigenvalue weighted by Crippen LogP contribution is -2.31. The quantitative estimate of drug-likeness (QED) is 0.835. The number of aromatic nitrogens is 1. The van der Waals surface area contributed by atoms with Crippen molar-refractivity contribution >= 4 is 5.91 Å². The van der Waals surface area contributed by atoms with Crippen LogP contribution in [0.5, 0.6) is 0 Å². The molecule has 0 aliphatic heterocycles. The summed E-state index contributed by atoms with van der Waals surface area (Å²) in [6, 6.07) is 1.69. The standard InChI is InChI=1S/C16H22N2O2/c1-4-13(2)12-18(3)16(20)15-8-9-17-11-14(15)7-5-6-10-19/h8-9,11,13,19H,4,6,10,12H2,1-3H3. The minimum absolute atomic E-state index is 0.0183. The molecule has 0 saturated heterocycles. The molecule has 0 aliphatic rings. The monoisotopic (exact) mass is 274 g/mol. The van der Waals surface area contributed by atoms with Crippen LogP contribution in [0.1, 0.15) is 42.6 Å². The Balaban J connectivity index is 2.90. The molecule has 0 aromatic carbocycles. The normalized spacial score (nSPS) is 11.4. The average molecular weight is 274 g/mol. The Kier molecular flexibility index (Phi) is 6.75. The Morgan fingerprint density at radius 2 is 2.30 bits per heavy atom. The Hall–Kier alpha value is -1.86. The van der Waals surface area contributed by atoms with E-state index in [-0.39, 0.29) is 12.5 Å². The third kappa shape index (κ3) is 4.67. The number of carbonyl (C=O) groups excluding carboxylic acids is 1. The molecule has 0 bridgehead atoms. The molecule has 0 spiro atoms. The van der Waals surface area contributed by atoms with Gasteiger partial charge >= 0.3 is 0 Å². The lowest BCUT2D eigenvalue weighted by molar-refractivity contribution is 0.0774. The summed E-state index contributed by atoms with van der Waals surface area (Å²) >= 11 is 0. The molecule has 0 radical (unpaired) electrons. The molecule has 0 saturated carbocycles. The summed E-state index contributed by atoms with van der Waals surface area (Å²) in [5.74, 6) is 6.15. The predicted octanol–water partition coefficient (Wildman–Crippen LogP) is 1.93. The lowest BCUT2D eigenvalue weighted by atomic mass is 10.1. The summed E-state index contributed by atoms with van der Waals surface area (Å²) < 4.78 is 0. The molecule has 1 amide bonds. The highest BCUT2D eigenvalue weighted by Gasteiger charge is 2.16. The smallest absolute Gasteiger partial charge is 0.254 e. The van der Waals surface area contributed by atoms with Gasteiger partial charge in [-0.25, -0.2) is 0 Å². The molecule has 0 fully saturated rings. The van der Waals surface area contributed by atoms with E-state index in [0.29, 0.717) is 23.5 Å². The number of aliphatic hydroxyl groups excluding tert-OH is 1. The van der Waals surface area contributed by atoms with Crippen LogP contribution in [-0.4, -0.2) is 41.1 Å². The first-order valence-corrected chi connectivity index (χ1v) is 6.89. The second-order valence-corrected chi connectivity index (χ2v) is 4.90. The second-order valence-electron chi connectivity index (χ2n) is 4.90. The molecule has 4 nitrogen and oxygen atoms in total. The van der Waals surface area contributed by atoms with Crippen LogP contribution in [0.15, 0.2) is 18.5 Å². The van der Waals surface area contributed by atoms with E-state index < -0.39 is 0 Å². The van der Waals surface area contributed by atoms with Crippen LogP contribution in [0.25, 0.3) is 0 Å². The van der Waals surface area contributed by atoms with Crippen molar-refractivity contribution in [1.82, 2.24) is 9.88 Å². The van der Waals surface area contributed by atoms with E-state index in [0.717, 1.165) is 13.0 Å². The number of aliphatic hydroxyl groups is 1. The Morgan fingerprint density at radius 1 is 1.55 bits per heavy atom. The number of rotatable bonds is 5. The molecule has 4 heteroatoms. The summed E-state index contributed by atoms with van der Waals surface area (Å²) in [6.07, 6.45) is 4.62. The highest BCUT2D eigenvalue weighted by molar-refractivity contribution is 5.96. The van der Waals surface area contributed by atoms with Crippen molar-refractivity contribution in [2.75, 3.05) is 20.2 Å². The van der Waals surface area contributed by atoms with Crippen LogP contribution in [0.3, 0.4) is 0 Å². The van der Waals surface area contributed by atoms with E-state index in [4.69, 9.17) is 5.11 Å². The maximum absolute atomic E-state index is 12.4. The summed E-state index contributed by atoms with van der Waals surface area (Å²) in [5, 5.41) is 8.74. The van der Waals surface area contributed by atoms with Gasteiger partial charge in [0.1, 0.15) is 0 Å². The molecule has 1 heterocycles. The highest BCUT2D eigenvalue weighted by Crippen LogP contribution is 2.11. The van der Waals surface area contributed by atoms with Crippen molar-refractivity contribution in [1.29, 1.82) is 0 Å². The number of hydrogen-bond acceptors (Lipinski definition) is 3. The van der Waals surface area contributed by atoms with Crippen LogP contribution in [-0.2, 0) is 0 Å². The van der Waals surface area contributed by atoms with Crippen molar-refractivity contribution in [2.24, 2.45) is 5.92 Å². The minimum Gasteiger partial charge on any atom is -0.395 e. The third-order valence-corrected chi connectivity index (χ3v) is 3.14. The number of nitrogens with zero attached hydrogens (tertiary/aromatic N) is 2. The van der Waals surface area contributed by atoms with Crippen LogP contribution in [0.2, 0.25) is 0 Å². The van der Waals surface area contributed by atoms with E-state index in [1.807, 2.05) is 0 Å². The van der Waals surface area contributed by atoms with E-state index in [9.17, 15) is 4.79 Å². The van der Waals surface area contributed by atoms with Gasteiger partial charge in [-0.15, -0.1) is 0 Å². The van der Waals surface area contributed by atoms with Gasteiger partial charge in [-0.3, -0.25) is 9.78 Å². The number of pyridine rings is 1. The van der Waals surface area contributed by atoms with Gasteiger partial charge in [0.05, 0.1) is 17.7 Å². The highest BCUT2D eigenvalue weighted by atomic mass is 16.2. The van der Waals surface area contributed by atoms with Crippen molar-refractivity contribution in [3.8, 4) is 11.8 Å². The first kappa shape index (κ1) is 16.2. The van der Waals surface area contributed by atoms with E-state index in [2.05, 4.69) is 30.7 Å². The molecule has 1 N–H and O–H groups in total. The Morgan fingerprint density at radius 3 is 2.95 bits per heavy atom. The Bertz CT molecular complexity index is 503. The fraction of sp³-hybridized carbons (Fsp3) is 0.500. The zero-order valence-corrected chi connectivity index (χ0v) is 12.4. The lowest BCUT2D eigenvalue weighted by Gasteiger charge is -2.21. The fourth-order valence-electron chi connectivity index (χ4n) is 1.78. The summed E-state index contributed by atoms with van der Waals surface area (Å²) in [6.45, 7) is 4.98. The molecule has 1 aromatic heterocycles. The maximum atomic E-state index is 12.4. The number of hydrogen-bond donors (Lipinski definition) is 1. The molecular formula is C16H22N2O2. The largest absolute Gasteiger partial charge is 0.395 e. The van der Waals surface area contributed by atoms with Crippen LogP contribution in [0, 0.1) is 17.8 Å². The zero-order chi connectivity index (χ0) is 15.0. The summed E-state index contributed by atoms with van der Waals surface area (Å²) in [7, 11) is 1.81. The van der Waals surface area contributed by atoms with Crippen molar-refractivity contribution < 1.29 is 9.90 Å².